The number of methoxy groups -OCH3 is 1. The summed E-state index contributed by atoms with van der Waals surface area (Å²) >= 11 is 12.9. The Kier molecular flexibility index (Phi) is 8.73. The van der Waals surface area contributed by atoms with Gasteiger partial charge in [0, 0.05) is 13.1 Å². The summed E-state index contributed by atoms with van der Waals surface area (Å²) in [5, 5.41) is 0.386. The Morgan fingerprint density at radius 1 is 1.14 bits per heavy atom. The van der Waals surface area contributed by atoms with Gasteiger partial charge in [0.05, 0.1) is 42.5 Å². The van der Waals surface area contributed by atoms with Crippen molar-refractivity contribution in [2.75, 3.05) is 51.5 Å². The normalized spacial score (nSPS) is 17.0. The topological polar surface area (TPSA) is 77.5 Å². The van der Waals surface area contributed by atoms with E-state index in [1.807, 2.05) is 6.92 Å². The summed E-state index contributed by atoms with van der Waals surface area (Å²) in [7, 11) is 1.53. The average Bonchev–Trinajstić information content (AvgIpc) is 3.16. The lowest BCUT2D eigenvalue weighted by Crippen LogP contribution is -2.43. The molecular weight excluding hydrogens is 524 g/mol. The quantitative estimate of drug-likeness (QED) is 0.355. The molecule has 2 saturated heterocycles. The molecule has 0 spiro atoms. The number of nitrogens with zero attached hydrogens (tertiary/aromatic N) is 2. The van der Waals surface area contributed by atoms with Crippen LogP contribution in [0.2, 0.25) is 5.02 Å². The smallest absolute Gasteiger partial charge is 0.270 e. The number of halogens is 1. The van der Waals surface area contributed by atoms with Gasteiger partial charge >= 0.3 is 0 Å². The maximum Gasteiger partial charge on any atom is 0.270 e. The fourth-order valence-corrected chi connectivity index (χ4v) is 5.23. The second kappa shape index (κ2) is 12.0. The van der Waals surface area contributed by atoms with Crippen molar-refractivity contribution < 1.29 is 28.5 Å². The van der Waals surface area contributed by atoms with Gasteiger partial charge in [0.25, 0.3) is 11.8 Å². The van der Waals surface area contributed by atoms with Crippen LogP contribution in [0, 0.1) is 0 Å². The molecule has 0 radical (unpaired) electrons. The van der Waals surface area contributed by atoms with Crippen LogP contribution in [-0.2, 0) is 14.3 Å². The van der Waals surface area contributed by atoms with Gasteiger partial charge in [-0.25, -0.2) is 0 Å². The van der Waals surface area contributed by atoms with Gasteiger partial charge in [-0.1, -0.05) is 41.6 Å². The molecule has 8 nitrogen and oxygen atoms in total. The molecule has 0 aromatic heterocycles. The first-order chi connectivity index (χ1) is 17.4. The van der Waals surface area contributed by atoms with E-state index in [-0.39, 0.29) is 18.4 Å². The van der Waals surface area contributed by atoms with Crippen LogP contribution in [0.3, 0.4) is 0 Å². The number of hydrogen-bond acceptors (Lipinski definition) is 8. The molecule has 190 valence electrons. The second-order valence-electron chi connectivity index (χ2n) is 7.76. The molecule has 0 unspecified atom stereocenters. The number of morpholine rings is 1. The lowest BCUT2D eigenvalue weighted by atomic mass is 10.1. The van der Waals surface area contributed by atoms with E-state index in [0.717, 1.165) is 5.56 Å². The monoisotopic (exact) mass is 548 g/mol. The van der Waals surface area contributed by atoms with Crippen LogP contribution in [-0.4, -0.2) is 67.7 Å². The summed E-state index contributed by atoms with van der Waals surface area (Å²) in [5.74, 6) is 1.10. The van der Waals surface area contributed by atoms with Crippen LogP contribution in [0.25, 0.3) is 6.08 Å². The lowest BCUT2D eigenvalue weighted by molar-refractivity contribution is -0.137. The Morgan fingerprint density at radius 2 is 1.89 bits per heavy atom. The number of rotatable bonds is 8. The molecule has 0 atom stereocenters. The zero-order valence-corrected chi connectivity index (χ0v) is 22.2. The van der Waals surface area contributed by atoms with Crippen molar-refractivity contribution in [1.82, 2.24) is 4.90 Å². The van der Waals surface area contributed by atoms with E-state index < -0.39 is 0 Å². The largest absolute Gasteiger partial charge is 0.495 e. The maximum atomic E-state index is 13.2. The molecule has 4 rings (SSSR count). The third-order valence-corrected chi connectivity index (χ3v) is 7.07. The summed E-state index contributed by atoms with van der Waals surface area (Å²) in [6, 6.07) is 10.4. The molecule has 2 aliphatic rings. The van der Waals surface area contributed by atoms with Crippen LogP contribution in [0.1, 0.15) is 12.5 Å². The van der Waals surface area contributed by atoms with Crippen LogP contribution < -0.4 is 19.1 Å². The number of anilines is 1. The Bertz CT molecular complexity index is 1200. The lowest BCUT2D eigenvalue weighted by Gasteiger charge is -2.26. The van der Waals surface area contributed by atoms with E-state index in [1.165, 1.54) is 23.8 Å². The highest BCUT2D eigenvalue weighted by atomic mass is 35.5. The van der Waals surface area contributed by atoms with Gasteiger partial charge < -0.3 is 23.8 Å². The molecule has 2 amide bonds. The molecule has 0 saturated carbocycles. The minimum atomic E-state index is -0.249. The summed E-state index contributed by atoms with van der Waals surface area (Å²) in [6.07, 6.45) is 1.75. The highest BCUT2D eigenvalue weighted by Crippen LogP contribution is 2.39. The van der Waals surface area contributed by atoms with Crippen LogP contribution in [0.5, 0.6) is 17.2 Å². The molecular formula is C25H25ClN2O6S2. The van der Waals surface area contributed by atoms with E-state index >= 15 is 0 Å². The van der Waals surface area contributed by atoms with Crippen molar-refractivity contribution >= 4 is 63.5 Å². The van der Waals surface area contributed by atoms with Gasteiger partial charge in [-0.2, -0.15) is 0 Å². The molecule has 2 aromatic carbocycles. The number of ether oxygens (including phenoxy) is 4. The van der Waals surface area contributed by atoms with Crippen LogP contribution in [0.4, 0.5) is 5.69 Å². The Morgan fingerprint density at radius 3 is 2.58 bits per heavy atom. The van der Waals surface area contributed by atoms with Crippen molar-refractivity contribution in [2.24, 2.45) is 0 Å². The van der Waals surface area contributed by atoms with E-state index in [0.29, 0.717) is 70.1 Å². The van der Waals surface area contributed by atoms with Gasteiger partial charge in [-0.15, -0.1) is 0 Å². The molecule has 2 heterocycles. The molecule has 11 heteroatoms. The minimum absolute atomic E-state index is 0.0947. The van der Waals surface area contributed by atoms with E-state index in [4.69, 9.17) is 42.8 Å². The Balaban J connectivity index is 1.50. The van der Waals surface area contributed by atoms with Gasteiger partial charge in [-0.3, -0.25) is 14.5 Å². The number of amides is 2. The van der Waals surface area contributed by atoms with E-state index in [2.05, 4.69) is 0 Å². The third kappa shape index (κ3) is 5.95. The zero-order chi connectivity index (χ0) is 25.7. The van der Waals surface area contributed by atoms with Gasteiger partial charge in [0.15, 0.2) is 22.4 Å². The van der Waals surface area contributed by atoms with Gasteiger partial charge in [-0.05, 0) is 48.9 Å². The van der Waals surface area contributed by atoms with E-state index in [1.54, 1.807) is 47.4 Å². The molecule has 2 fully saturated rings. The van der Waals surface area contributed by atoms with Gasteiger partial charge in [0.2, 0.25) is 0 Å². The Hall–Kier alpha value is -2.79. The first-order valence-electron chi connectivity index (χ1n) is 11.3. The standard InChI is InChI=1S/C25H25ClN2O6S2/c1-3-33-21-12-16(4-6-20(21)34-15-23(29)27-8-10-32-11-9-27)13-22-24(30)28(25(35)36-22)17-5-7-19(31-2)18(26)14-17/h4-7,12-14H,3,8-11,15H2,1-2H3/b22-13-. The van der Waals surface area contributed by atoms with Crippen LogP contribution in [0.15, 0.2) is 41.3 Å². The van der Waals surface area contributed by atoms with Crippen molar-refractivity contribution in [3.63, 3.8) is 0 Å². The summed E-state index contributed by atoms with van der Waals surface area (Å²) in [4.78, 5) is 29.2. The van der Waals surface area contributed by atoms with Crippen LogP contribution >= 0.6 is 35.6 Å². The number of thioether (sulfide) groups is 1. The molecule has 36 heavy (non-hydrogen) atoms. The predicted octanol–water partition coefficient (Wildman–Crippen LogP) is 4.39. The second-order valence-corrected chi connectivity index (χ2v) is 9.84. The first kappa shape index (κ1) is 26.3. The Labute approximate surface area is 224 Å². The fraction of sp³-hybridized carbons (Fsp3) is 0.320. The van der Waals surface area contributed by atoms with E-state index in [9.17, 15) is 9.59 Å². The predicted molar refractivity (Wildman–Crippen MR) is 144 cm³/mol. The van der Waals surface area contributed by atoms with Crippen molar-refractivity contribution in [3.8, 4) is 17.2 Å². The number of benzene rings is 2. The molecule has 2 aliphatic heterocycles. The van der Waals surface area contributed by atoms with Crippen molar-refractivity contribution in [1.29, 1.82) is 0 Å². The number of carbonyl (C=O) groups excluding carboxylic acids is 2. The molecule has 0 aliphatic carbocycles. The summed E-state index contributed by atoms with van der Waals surface area (Å²) in [6.45, 7) is 4.35. The minimum Gasteiger partial charge on any atom is -0.495 e. The third-order valence-electron chi connectivity index (χ3n) is 5.47. The molecule has 0 N–H and O–H groups in total. The maximum absolute atomic E-state index is 13.2. The first-order valence-corrected chi connectivity index (χ1v) is 12.9. The zero-order valence-electron chi connectivity index (χ0n) is 19.8. The highest BCUT2D eigenvalue weighted by molar-refractivity contribution is 8.27. The summed E-state index contributed by atoms with van der Waals surface area (Å²) in [5.41, 5.74) is 1.30. The average molecular weight is 549 g/mol. The number of hydrogen-bond donors (Lipinski definition) is 0. The fourth-order valence-electron chi connectivity index (χ4n) is 3.68. The SMILES string of the molecule is CCOc1cc(/C=C2\SC(=S)N(c3ccc(OC)c(Cl)c3)C2=O)ccc1OCC(=O)N1CCOCC1. The molecule has 0 bridgehead atoms. The highest BCUT2D eigenvalue weighted by Gasteiger charge is 2.33. The molecule has 2 aromatic rings. The van der Waals surface area contributed by atoms with Crippen molar-refractivity contribution in [2.45, 2.75) is 6.92 Å². The van der Waals surface area contributed by atoms with Gasteiger partial charge in [0.1, 0.15) is 5.75 Å². The number of carbonyl (C=O) groups is 2. The number of thiocarbonyl (C=S) groups is 1. The summed E-state index contributed by atoms with van der Waals surface area (Å²) < 4.78 is 22.4. The van der Waals surface area contributed by atoms with Crippen molar-refractivity contribution in [3.05, 3.63) is 51.9 Å².